The van der Waals surface area contributed by atoms with Gasteiger partial charge < -0.3 is 10.8 Å². The fourth-order valence-electron chi connectivity index (χ4n) is 2.48. The predicted molar refractivity (Wildman–Crippen MR) is 86.2 cm³/mol. The number of hydrogen-bond donors (Lipinski definition) is 2. The van der Waals surface area contributed by atoms with Gasteiger partial charge in [-0.1, -0.05) is 48.0 Å². The van der Waals surface area contributed by atoms with Gasteiger partial charge in [-0.3, -0.25) is 0 Å². The molecule has 0 saturated heterocycles. The van der Waals surface area contributed by atoms with E-state index in [2.05, 4.69) is 19.1 Å². The van der Waals surface area contributed by atoms with Crippen LogP contribution in [0.3, 0.4) is 0 Å². The highest BCUT2D eigenvalue weighted by Gasteiger charge is 2.23. The summed E-state index contributed by atoms with van der Waals surface area (Å²) in [5.74, 6) is -0.0804. The van der Waals surface area contributed by atoms with E-state index in [1.54, 1.807) is 11.8 Å². The van der Waals surface area contributed by atoms with E-state index in [9.17, 15) is 5.11 Å². The third kappa shape index (κ3) is 3.23. The van der Waals surface area contributed by atoms with E-state index in [0.29, 0.717) is 6.54 Å². The van der Waals surface area contributed by atoms with Gasteiger partial charge in [0, 0.05) is 17.4 Å². The van der Waals surface area contributed by atoms with Gasteiger partial charge in [0.2, 0.25) is 0 Å². The Balaban J connectivity index is 2.36. The van der Waals surface area contributed by atoms with Crippen molar-refractivity contribution in [3.63, 3.8) is 0 Å². The van der Waals surface area contributed by atoms with Crippen molar-refractivity contribution in [2.24, 2.45) is 5.73 Å². The number of aryl methyl sites for hydroxylation is 1. The molecule has 0 aliphatic heterocycles. The predicted octanol–water partition coefficient (Wildman–Crippen LogP) is 3.49. The molecule has 2 rings (SSSR count). The van der Waals surface area contributed by atoms with Gasteiger partial charge in [-0.2, -0.15) is 0 Å². The molecule has 0 bridgehead atoms. The van der Waals surface area contributed by atoms with Crippen LogP contribution >= 0.6 is 11.8 Å². The molecule has 2 aromatic carbocycles. The van der Waals surface area contributed by atoms with E-state index < -0.39 is 6.10 Å². The minimum absolute atomic E-state index is 0.0804. The van der Waals surface area contributed by atoms with Crippen LogP contribution in [0.25, 0.3) is 0 Å². The summed E-state index contributed by atoms with van der Waals surface area (Å²) in [7, 11) is 0. The average Bonchev–Trinajstić information content (AvgIpc) is 2.48. The van der Waals surface area contributed by atoms with Gasteiger partial charge in [0.05, 0.1) is 6.10 Å². The van der Waals surface area contributed by atoms with Gasteiger partial charge in [-0.05, 0) is 30.4 Å². The zero-order valence-corrected chi connectivity index (χ0v) is 12.7. The van der Waals surface area contributed by atoms with Crippen molar-refractivity contribution >= 4 is 11.8 Å². The lowest BCUT2D eigenvalue weighted by Gasteiger charge is -2.24. The average molecular weight is 287 g/mol. The Bertz CT molecular complexity index is 570. The second-order valence-corrected chi connectivity index (χ2v) is 5.79. The van der Waals surface area contributed by atoms with Crippen LogP contribution in [0.4, 0.5) is 0 Å². The van der Waals surface area contributed by atoms with Crippen molar-refractivity contribution in [2.75, 3.05) is 12.8 Å². The van der Waals surface area contributed by atoms with Crippen molar-refractivity contribution in [1.29, 1.82) is 0 Å². The SMILES string of the molecule is CSc1ccccc1C(O)C(CN)c1cccc(C)c1. The summed E-state index contributed by atoms with van der Waals surface area (Å²) in [4.78, 5) is 1.10. The first-order valence-electron chi connectivity index (χ1n) is 6.75. The highest BCUT2D eigenvalue weighted by Crippen LogP contribution is 2.35. The summed E-state index contributed by atoms with van der Waals surface area (Å²) in [5.41, 5.74) is 9.15. The van der Waals surface area contributed by atoms with Gasteiger partial charge in [0.1, 0.15) is 0 Å². The molecule has 20 heavy (non-hydrogen) atoms. The molecule has 0 aromatic heterocycles. The molecule has 3 N–H and O–H groups in total. The maximum atomic E-state index is 10.7. The summed E-state index contributed by atoms with van der Waals surface area (Å²) in [6.07, 6.45) is 1.45. The van der Waals surface area contributed by atoms with Crippen LogP contribution in [-0.2, 0) is 0 Å². The number of aliphatic hydroxyl groups excluding tert-OH is 1. The molecule has 106 valence electrons. The zero-order valence-electron chi connectivity index (χ0n) is 11.9. The van der Waals surface area contributed by atoms with E-state index in [4.69, 9.17) is 5.73 Å². The van der Waals surface area contributed by atoms with Crippen LogP contribution in [0.1, 0.15) is 28.7 Å². The Morgan fingerprint density at radius 2 is 1.90 bits per heavy atom. The lowest BCUT2D eigenvalue weighted by atomic mass is 9.88. The lowest BCUT2D eigenvalue weighted by Crippen LogP contribution is -2.20. The quantitative estimate of drug-likeness (QED) is 0.827. The Kier molecular flexibility index (Phi) is 5.24. The first-order valence-corrected chi connectivity index (χ1v) is 7.97. The molecule has 0 saturated carbocycles. The topological polar surface area (TPSA) is 46.2 Å². The highest BCUT2D eigenvalue weighted by atomic mass is 32.2. The van der Waals surface area contributed by atoms with Crippen LogP contribution in [0.15, 0.2) is 53.4 Å². The fraction of sp³-hybridized carbons (Fsp3) is 0.294. The van der Waals surface area contributed by atoms with Crippen LogP contribution < -0.4 is 5.73 Å². The van der Waals surface area contributed by atoms with Gasteiger partial charge in [-0.15, -0.1) is 11.8 Å². The molecule has 2 nitrogen and oxygen atoms in total. The molecular formula is C17H21NOS. The van der Waals surface area contributed by atoms with Gasteiger partial charge in [0.25, 0.3) is 0 Å². The van der Waals surface area contributed by atoms with Gasteiger partial charge >= 0.3 is 0 Å². The summed E-state index contributed by atoms with van der Waals surface area (Å²) in [5, 5.41) is 10.7. The molecule has 0 radical (unpaired) electrons. The smallest absolute Gasteiger partial charge is 0.0881 e. The third-order valence-electron chi connectivity index (χ3n) is 3.56. The number of aliphatic hydroxyl groups is 1. The molecular weight excluding hydrogens is 266 g/mol. The number of rotatable bonds is 5. The monoisotopic (exact) mass is 287 g/mol. The Labute approximate surface area is 125 Å². The first-order chi connectivity index (χ1) is 9.67. The molecule has 0 fully saturated rings. The summed E-state index contributed by atoms with van der Waals surface area (Å²) >= 11 is 1.65. The zero-order chi connectivity index (χ0) is 14.5. The highest BCUT2D eigenvalue weighted by molar-refractivity contribution is 7.98. The summed E-state index contributed by atoms with van der Waals surface area (Å²) < 4.78 is 0. The van der Waals surface area contributed by atoms with Crippen LogP contribution in [0, 0.1) is 6.92 Å². The molecule has 2 aromatic rings. The van der Waals surface area contributed by atoms with Gasteiger partial charge in [-0.25, -0.2) is 0 Å². The molecule has 0 heterocycles. The fourth-order valence-corrected chi connectivity index (χ4v) is 3.11. The molecule has 0 aliphatic carbocycles. The molecule has 0 amide bonds. The van der Waals surface area contributed by atoms with Crippen molar-refractivity contribution < 1.29 is 5.11 Å². The molecule has 2 unspecified atom stereocenters. The maximum absolute atomic E-state index is 10.7. The number of hydrogen-bond acceptors (Lipinski definition) is 3. The molecule has 2 atom stereocenters. The second-order valence-electron chi connectivity index (χ2n) is 4.94. The van der Waals surface area contributed by atoms with Crippen LogP contribution in [0.5, 0.6) is 0 Å². The number of nitrogens with two attached hydrogens (primary N) is 1. The molecule has 0 spiro atoms. The number of thioether (sulfide) groups is 1. The van der Waals surface area contributed by atoms with Crippen LogP contribution in [-0.4, -0.2) is 17.9 Å². The third-order valence-corrected chi connectivity index (χ3v) is 4.37. The molecule has 0 aliphatic rings. The van der Waals surface area contributed by atoms with E-state index in [1.807, 2.05) is 42.7 Å². The standard InChI is InChI=1S/C17H21NOS/c1-12-6-5-7-13(10-12)15(11-18)17(19)14-8-3-4-9-16(14)20-2/h3-10,15,17,19H,11,18H2,1-2H3. The maximum Gasteiger partial charge on any atom is 0.0881 e. The van der Waals surface area contributed by atoms with Crippen molar-refractivity contribution in [1.82, 2.24) is 0 Å². The normalized spacial score (nSPS) is 14.0. The van der Waals surface area contributed by atoms with Crippen molar-refractivity contribution in [3.8, 4) is 0 Å². The molecule has 3 heteroatoms. The van der Waals surface area contributed by atoms with E-state index in [0.717, 1.165) is 16.0 Å². The van der Waals surface area contributed by atoms with E-state index >= 15 is 0 Å². The largest absolute Gasteiger partial charge is 0.388 e. The first kappa shape index (κ1) is 15.1. The van der Waals surface area contributed by atoms with E-state index in [-0.39, 0.29) is 5.92 Å². The minimum atomic E-state index is -0.578. The Hall–Kier alpha value is -1.29. The second kappa shape index (κ2) is 6.93. The van der Waals surface area contributed by atoms with Gasteiger partial charge in [0.15, 0.2) is 0 Å². The summed E-state index contributed by atoms with van der Waals surface area (Å²) in [6, 6.07) is 16.2. The van der Waals surface area contributed by atoms with Crippen molar-refractivity contribution in [2.45, 2.75) is 23.8 Å². The lowest BCUT2D eigenvalue weighted by molar-refractivity contribution is 0.144. The Morgan fingerprint density at radius 1 is 1.15 bits per heavy atom. The van der Waals surface area contributed by atoms with Crippen molar-refractivity contribution in [3.05, 3.63) is 65.2 Å². The summed E-state index contributed by atoms with van der Waals surface area (Å²) in [6.45, 7) is 2.48. The minimum Gasteiger partial charge on any atom is -0.388 e. The number of benzene rings is 2. The van der Waals surface area contributed by atoms with Crippen LogP contribution in [0.2, 0.25) is 0 Å². The van der Waals surface area contributed by atoms with E-state index in [1.165, 1.54) is 5.56 Å². The Morgan fingerprint density at radius 3 is 2.55 bits per heavy atom.